The van der Waals surface area contributed by atoms with Gasteiger partial charge in [0.05, 0.1) is 0 Å². The number of carbonyl (C=O) groups excluding carboxylic acids is 1. The maximum absolute atomic E-state index is 12.0. The smallest absolute Gasteiger partial charge is 0.225 e. The largest absolute Gasteiger partial charge is 0.385 e. The number of para-hydroxylation sites is 1. The molecule has 1 amide bonds. The molecule has 4 nitrogen and oxygen atoms in total. The fourth-order valence-corrected chi connectivity index (χ4v) is 2.13. The number of nitrogens with one attached hydrogen (secondary N) is 2. The predicted octanol–water partition coefficient (Wildman–Crippen LogP) is 2.94. The summed E-state index contributed by atoms with van der Waals surface area (Å²) >= 11 is 0. The van der Waals surface area contributed by atoms with Gasteiger partial charge in [-0.15, -0.1) is 0 Å². The molecule has 1 aromatic rings. The van der Waals surface area contributed by atoms with Crippen LogP contribution in [-0.4, -0.2) is 32.7 Å². The van der Waals surface area contributed by atoms with Crippen LogP contribution in [0, 0.1) is 0 Å². The quantitative estimate of drug-likeness (QED) is 0.724. The van der Waals surface area contributed by atoms with E-state index in [-0.39, 0.29) is 11.3 Å². The number of anilines is 1. The zero-order valence-electron chi connectivity index (χ0n) is 13.7. The van der Waals surface area contributed by atoms with Gasteiger partial charge >= 0.3 is 0 Å². The van der Waals surface area contributed by atoms with Crippen molar-refractivity contribution in [2.24, 2.45) is 0 Å². The molecule has 0 aliphatic carbocycles. The van der Waals surface area contributed by atoms with Crippen LogP contribution in [-0.2, 0) is 14.9 Å². The van der Waals surface area contributed by atoms with Crippen LogP contribution >= 0.6 is 0 Å². The monoisotopic (exact) mass is 292 g/mol. The molecule has 0 radical (unpaired) electrons. The molecule has 0 aromatic heterocycles. The van der Waals surface area contributed by atoms with Gasteiger partial charge in [-0.25, -0.2) is 0 Å². The number of rotatable bonds is 8. The van der Waals surface area contributed by atoms with Crippen LogP contribution in [0.15, 0.2) is 24.3 Å². The summed E-state index contributed by atoms with van der Waals surface area (Å²) in [6, 6.07) is 7.99. The van der Waals surface area contributed by atoms with Gasteiger partial charge in [0.2, 0.25) is 5.91 Å². The number of amides is 1. The molecule has 0 aliphatic rings. The number of methoxy groups -OCH3 is 1. The summed E-state index contributed by atoms with van der Waals surface area (Å²) in [5, 5.41) is 6.26. The van der Waals surface area contributed by atoms with Crippen LogP contribution in [0.3, 0.4) is 0 Å². The second-order valence-corrected chi connectivity index (χ2v) is 6.19. The maximum Gasteiger partial charge on any atom is 0.225 e. The molecule has 0 heterocycles. The van der Waals surface area contributed by atoms with Crippen molar-refractivity contribution in [3.05, 3.63) is 29.8 Å². The Balaban J connectivity index is 2.42. The van der Waals surface area contributed by atoms with E-state index >= 15 is 0 Å². The van der Waals surface area contributed by atoms with Crippen molar-refractivity contribution >= 4 is 11.6 Å². The van der Waals surface area contributed by atoms with Crippen LogP contribution in [0.2, 0.25) is 0 Å². The van der Waals surface area contributed by atoms with Gasteiger partial charge < -0.3 is 15.4 Å². The third-order valence-electron chi connectivity index (χ3n) is 3.24. The molecular formula is C17H28N2O2. The molecule has 0 spiro atoms. The standard InChI is InChI=1S/C17H28N2O2/c1-17(2,3)14-8-5-6-9-15(14)19-16(20)10-12-18-11-7-13-21-4/h5-6,8-9,18H,7,10-13H2,1-4H3,(H,19,20). The summed E-state index contributed by atoms with van der Waals surface area (Å²) in [7, 11) is 1.69. The minimum atomic E-state index is 0.0161. The molecule has 118 valence electrons. The molecule has 0 saturated heterocycles. The summed E-state index contributed by atoms with van der Waals surface area (Å²) in [5.41, 5.74) is 2.09. The highest BCUT2D eigenvalue weighted by molar-refractivity contribution is 5.91. The number of hydrogen-bond acceptors (Lipinski definition) is 3. The molecule has 4 heteroatoms. The molecule has 1 rings (SSSR count). The lowest BCUT2D eigenvalue weighted by atomic mass is 9.86. The maximum atomic E-state index is 12.0. The van der Waals surface area contributed by atoms with E-state index in [0.717, 1.165) is 30.8 Å². The minimum absolute atomic E-state index is 0.0161. The van der Waals surface area contributed by atoms with Crippen molar-refractivity contribution in [3.8, 4) is 0 Å². The van der Waals surface area contributed by atoms with Crippen LogP contribution in [0.5, 0.6) is 0 Å². The van der Waals surface area contributed by atoms with E-state index in [4.69, 9.17) is 4.74 Å². The van der Waals surface area contributed by atoms with Gasteiger partial charge in [0, 0.05) is 32.4 Å². The highest BCUT2D eigenvalue weighted by Crippen LogP contribution is 2.29. The van der Waals surface area contributed by atoms with Gasteiger partial charge in [-0.3, -0.25) is 4.79 Å². The van der Waals surface area contributed by atoms with Crippen LogP contribution in [0.1, 0.15) is 39.2 Å². The van der Waals surface area contributed by atoms with Crippen molar-refractivity contribution in [1.82, 2.24) is 5.32 Å². The Hall–Kier alpha value is -1.39. The topological polar surface area (TPSA) is 50.4 Å². The lowest BCUT2D eigenvalue weighted by molar-refractivity contribution is -0.116. The van der Waals surface area contributed by atoms with Crippen molar-refractivity contribution in [1.29, 1.82) is 0 Å². The van der Waals surface area contributed by atoms with E-state index < -0.39 is 0 Å². The number of hydrogen-bond donors (Lipinski definition) is 2. The van der Waals surface area contributed by atoms with Gasteiger partial charge in [-0.2, -0.15) is 0 Å². The summed E-state index contributed by atoms with van der Waals surface area (Å²) in [6.07, 6.45) is 1.44. The Morgan fingerprint density at radius 1 is 1.19 bits per heavy atom. The first-order chi connectivity index (χ1) is 9.95. The van der Waals surface area contributed by atoms with Gasteiger partial charge in [-0.1, -0.05) is 39.0 Å². The summed E-state index contributed by atoms with van der Waals surface area (Å²) in [6.45, 7) is 8.76. The SMILES string of the molecule is COCCCNCCC(=O)Nc1ccccc1C(C)(C)C. The summed E-state index contributed by atoms with van der Waals surface area (Å²) in [5.74, 6) is 0.0472. The van der Waals surface area contributed by atoms with E-state index in [1.54, 1.807) is 7.11 Å². The van der Waals surface area contributed by atoms with E-state index in [1.807, 2.05) is 18.2 Å². The van der Waals surface area contributed by atoms with E-state index in [1.165, 1.54) is 0 Å². The molecule has 0 aliphatic heterocycles. The fourth-order valence-electron chi connectivity index (χ4n) is 2.13. The van der Waals surface area contributed by atoms with Crippen molar-refractivity contribution < 1.29 is 9.53 Å². The first kappa shape index (κ1) is 17.7. The number of benzene rings is 1. The molecule has 0 unspecified atom stereocenters. The molecule has 2 N–H and O–H groups in total. The summed E-state index contributed by atoms with van der Waals surface area (Å²) in [4.78, 5) is 12.0. The van der Waals surface area contributed by atoms with Crippen LogP contribution in [0.4, 0.5) is 5.69 Å². The zero-order valence-corrected chi connectivity index (χ0v) is 13.7. The Bertz CT molecular complexity index is 439. The minimum Gasteiger partial charge on any atom is -0.385 e. The second kappa shape index (κ2) is 8.80. The van der Waals surface area contributed by atoms with Gasteiger partial charge in [0.15, 0.2) is 0 Å². The second-order valence-electron chi connectivity index (χ2n) is 6.19. The molecular weight excluding hydrogens is 264 g/mol. The molecule has 0 atom stereocenters. The molecule has 1 aromatic carbocycles. The number of carbonyl (C=O) groups is 1. The Morgan fingerprint density at radius 2 is 1.90 bits per heavy atom. The predicted molar refractivity (Wildman–Crippen MR) is 87.8 cm³/mol. The van der Waals surface area contributed by atoms with Crippen molar-refractivity contribution in [2.75, 3.05) is 32.1 Å². The first-order valence-corrected chi connectivity index (χ1v) is 7.54. The van der Waals surface area contributed by atoms with Crippen LogP contribution in [0.25, 0.3) is 0 Å². The third kappa shape index (κ3) is 6.74. The van der Waals surface area contributed by atoms with E-state index in [0.29, 0.717) is 13.0 Å². The Kier molecular flexibility index (Phi) is 7.40. The molecule has 21 heavy (non-hydrogen) atoms. The molecule has 0 bridgehead atoms. The highest BCUT2D eigenvalue weighted by Gasteiger charge is 2.18. The molecule has 0 fully saturated rings. The average molecular weight is 292 g/mol. The lowest BCUT2D eigenvalue weighted by Crippen LogP contribution is -2.24. The Labute approximate surface area is 128 Å². The van der Waals surface area contributed by atoms with Gasteiger partial charge in [0.1, 0.15) is 0 Å². The van der Waals surface area contributed by atoms with Crippen molar-refractivity contribution in [3.63, 3.8) is 0 Å². The summed E-state index contributed by atoms with van der Waals surface area (Å²) < 4.78 is 4.97. The lowest BCUT2D eigenvalue weighted by Gasteiger charge is -2.23. The van der Waals surface area contributed by atoms with Gasteiger partial charge in [0.25, 0.3) is 0 Å². The van der Waals surface area contributed by atoms with Gasteiger partial charge in [-0.05, 0) is 30.0 Å². The third-order valence-corrected chi connectivity index (χ3v) is 3.24. The van der Waals surface area contributed by atoms with Crippen molar-refractivity contribution in [2.45, 2.75) is 39.0 Å². The normalized spacial score (nSPS) is 11.4. The fraction of sp³-hybridized carbons (Fsp3) is 0.588. The molecule has 0 saturated carbocycles. The highest BCUT2D eigenvalue weighted by atomic mass is 16.5. The zero-order chi connectivity index (χ0) is 15.7. The number of ether oxygens (including phenoxy) is 1. The average Bonchev–Trinajstić information content (AvgIpc) is 2.42. The Morgan fingerprint density at radius 3 is 2.57 bits per heavy atom. The van der Waals surface area contributed by atoms with E-state index in [2.05, 4.69) is 37.5 Å². The first-order valence-electron chi connectivity index (χ1n) is 7.54. The van der Waals surface area contributed by atoms with Crippen LogP contribution < -0.4 is 10.6 Å². The van der Waals surface area contributed by atoms with E-state index in [9.17, 15) is 4.79 Å².